The van der Waals surface area contributed by atoms with Crippen LogP contribution in [0.4, 0.5) is 0 Å². The van der Waals surface area contributed by atoms with Gasteiger partial charge >= 0.3 is 5.97 Å². The molecule has 84 valence electrons. The van der Waals surface area contributed by atoms with Crippen molar-refractivity contribution >= 4 is 18.0 Å². The molecule has 0 aliphatic heterocycles. The molecule has 0 saturated heterocycles. The van der Waals surface area contributed by atoms with Crippen LogP contribution in [0, 0.1) is 0 Å². The highest BCUT2D eigenvalue weighted by molar-refractivity contribution is 5.93. The molecule has 0 radical (unpaired) electrons. The van der Waals surface area contributed by atoms with Crippen molar-refractivity contribution < 1.29 is 19.8 Å². The monoisotopic (exact) mass is 221 g/mol. The third-order valence-corrected chi connectivity index (χ3v) is 1.74. The quantitative estimate of drug-likeness (QED) is 0.501. The standard InChI is InChI=1S/C11H11NO4/c13-9(12-10(14)11(15)16)7-6-8-4-2-1-3-5-8/h1-7,10,14H,(H,12,13)(H,15,16). The van der Waals surface area contributed by atoms with Crippen molar-refractivity contribution in [2.24, 2.45) is 0 Å². The molecule has 16 heavy (non-hydrogen) atoms. The second-order valence-corrected chi connectivity index (χ2v) is 2.99. The average Bonchev–Trinajstić information content (AvgIpc) is 2.27. The lowest BCUT2D eigenvalue weighted by atomic mass is 10.2. The first kappa shape index (κ1) is 11.9. The van der Waals surface area contributed by atoms with Gasteiger partial charge < -0.3 is 15.5 Å². The molecule has 1 aromatic rings. The maximum Gasteiger partial charge on any atom is 0.353 e. The van der Waals surface area contributed by atoms with Crippen molar-refractivity contribution in [1.82, 2.24) is 5.32 Å². The summed E-state index contributed by atoms with van der Waals surface area (Å²) in [4.78, 5) is 21.3. The van der Waals surface area contributed by atoms with Crippen LogP contribution in [0.25, 0.3) is 6.08 Å². The van der Waals surface area contributed by atoms with Crippen molar-refractivity contribution in [3.63, 3.8) is 0 Å². The van der Waals surface area contributed by atoms with E-state index in [0.29, 0.717) is 0 Å². The number of carboxylic acid groups (broad SMARTS) is 1. The number of rotatable bonds is 4. The smallest absolute Gasteiger partial charge is 0.353 e. The SMILES string of the molecule is O=C(C=Cc1ccccc1)NC(O)C(=O)O. The van der Waals surface area contributed by atoms with Gasteiger partial charge in [0, 0.05) is 6.08 Å². The number of hydrogen-bond donors (Lipinski definition) is 3. The van der Waals surface area contributed by atoms with Gasteiger partial charge in [-0.3, -0.25) is 4.79 Å². The first-order valence-electron chi connectivity index (χ1n) is 4.54. The molecule has 3 N–H and O–H groups in total. The molecule has 5 nitrogen and oxygen atoms in total. The summed E-state index contributed by atoms with van der Waals surface area (Å²) in [7, 11) is 0. The first-order chi connectivity index (χ1) is 7.59. The lowest BCUT2D eigenvalue weighted by molar-refractivity contribution is -0.150. The molecule has 0 aliphatic carbocycles. The molecule has 0 bridgehead atoms. The Bertz CT molecular complexity index is 400. The van der Waals surface area contributed by atoms with Crippen LogP contribution >= 0.6 is 0 Å². The molecule has 0 spiro atoms. The van der Waals surface area contributed by atoms with E-state index in [2.05, 4.69) is 0 Å². The van der Waals surface area contributed by atoms with E-state index in [1.807, 2.05) is 23.5 Å². The lowest BCUT2D eigenvalue weighted by Gasteiger charge is -2.04. The first-order valence-corrected chi connectivity index (χ1v) is 4.54. The number of aliphatic hydroxyl groups is 1. The molecular formula is C11H11NO4. The fraction of sp³-hybridized carbons (Fsp3) is 0.0909. The van der Waals surface area contributed by atoms with Crippen molar-refractivity contribution in [1.29, 1.82) is 0 Å². The summed E-state index contributed by atoms with van der Waals surface area (Å²) in [5.41, 5.74) is 0.808. The zero-order valence-corrected chi connectivity index (χ0v) is 8.33. The van der Waals surface area contributed by atoms with Crippen LogP contribution in [0.3, 0.4) is 0 Å². The Hall–Kier alpha value is -2.14. The Morgan fingerprint density at radius 2 is 1.88 bits per heavy atom. The molecule has 0 saturated carbocycles. The number of aliphatic carboxylic acids is 1. The predicted octanol–water partition coefficient (Wildman–Crippen LogP) is 0.219. The van der Waals surface area contributed by atoms with Crippen molar-refractivity contribution in [3.8, 4) is 0 Å². The second kappa shape index (κ2) is 5.67. The zero-order chi connectivity index (χ0) is 12.0. The zero-order valence-electron chi connectivity index (χ0n) is 8.33. The fourth-order valence-electron chi connectivity index (χ4n) is 0.981. The predicted molar refractivity (Wildman–Crippen MR) is 57.3 cm³/mol. The summed E-state index contributed by atoms with van der Waals surface area (Å²) in [6.07, 6.45) is 0.790. The van der Waals surface area contributed by atoms with Crippen molar-refractivity contribution in [2.75, 3.05) is 0 Å². The molecule has 0 fully saturated rings. The van der Waals surface area contributed by atoms with Gasteiger partial charge in [-0.25, -0.2) is 4.79 Å². The van der Waals surface area contributed by atoms with Gasteiger partial charge in [-0.05, 0) is 11.6 Å². The number of carbonyl (C=O) groups excluding carboxylic acids is 1. The van der Waals surface area contributed by atoms with E-state index in [-0.39, 0.29) is 0 Å². The third-order valence-electron chi connectivity index (χ3n) is 1.74. The molecule has 1 rings (SSSR count). The Morgan fingerprint density at radius 1 is 1.25 bits per heavy atom. The average molecular weight is 221 g/mol. The molecule has 1 amide bonds. The number of aliphatic hydroxyl groups excluding tert-OH is 1. The highest BCUT2D eigenvalue weighted by atomic mass is 16.4. The van der Waals surface area contributed by atoms with Crippen molar-refractivity contribution in [2.45, 2.75) is 6.23 Å². The van der Waals surface area contributed by atoms with Gasteiger partial charge in [-0.1, -0.05) is 30.3 Å². The number of nitrogens with one attached hydrogen (secondary N) is 1. The lowest BCUT2D eigenvalue weighted by Crippen LogP contribution is -2.39. The highest BCUT2D eigenvalue weighted by Gasteiger charge is 2.13. The summed E-state index contributed by atoms with van der Waals surface area (Å²) in [5.74, 6) is -2.17. The minimum absolute atomic E-state index is 0.668. The number of carboxylic acids is 1. The van der Waals surface area contributed by atoms with E-state index < -0.39 is 18.1 Å². The van der Waals surface area contributed by atoms with E-state index in [0.717, 1.165) is 11.6 Å². The Kier molecular flexibility index (Phi) is 4.23. The van der Waals surface area contributed by atoms with Gasteiger partial charge in [-0.15, -0.1) is 0 Å². The van der Waals surface area contributed by atoms with Gasteiger partial charge in [-0.2, -0.15) is 0 Å². The Labute approximate surface area is 92.0 Å². The summed E-state index contributed by atoms with van der Waals surface area (Å²) >= 11 is 0. The summed E-state index contributed by atoms with van der Waals surface area (Å²) in [6.45, 7) is 0. The van der Waals surface area contributed by atoms with E-state index >= 15 is 0 Å². The molecule has 1 unspecified atom stereocenters. The molecule has 1 atom stereocenters. The minimum Gasteiger partial charge on any atom is -0.478 e. The summed E-state index contributed by atoms with van der Waals surface area (Å²) < 4.78 is 0. The number of amides is 1. The van der Waals surface area contributed by atoms with Gasteiger partial charge in [0.15, 0.2) is 0 Å². The van der Waals surface area contributed by atoms with Crippen LogP contribution in [0.1, 0.15) is 5.56 Å². The molecule has 1 aromatic carbocycles. The van der Waals surface area contributed by atoms with E-state index in [4.69, 9.17) is 10.2 Å². The van der Waals surface area contributed by atoms with Gasteiger partial charge in [0.2, 0.25) is 12.1 Å². The Morgan fingerprint density at radius 3 is 2.44 bits per heavy atom. The van der Waals surface area contributed by atoms with E-state index in [1.165, 1.54) is 6.08 Å². The van der Waals surface area contributed by atoms with E-state index in [1.54, 1.807) is 12.1 Å². The summed E-state index contributed by atoms with van der Waals surface area (Å²) in [5, 5.41) is 19.0. The molecular weight excluding hydrogens is 210 g/mol. The Balaban J connectivity index is 2.52. The number of hydrogen-bond acceptors (Lipinski definition) is 3. The molecule has 0 aromatic heterocycles. The van der Waals surface area contributed by atoms with Crippen molar-refractivity contribution in [3.05, 3.63) is 42.0 Å². The topological polar surface area (TPSA) is 86.6 Å². The van der Waals surface area contributed by atoms with Crippen LogP contribution in [-0.4, -0.2) is 28.3 Å². The largest absolute Gasteiger partial charge is 0.478 e. The maximum atomic E-state index is 11.1. The third kappa shape index (κ3) is 3.93. The minimum atomic E-state index is -1.88. The van der Waals surface area contributed by atoms with Gasteiger partial charge in [0.05, 0.1) is 0 Å². The molecule has 0 aliphatic rings. The fourth-order valence-corrected chi connectivity index (χ4v) is 0.981. The number of benzene rings is 1. The van der Waals surface area contributed by atoms with Crippen LogP contribution < -0.4 is 5.32 Å². The van der Waals surface area contributed by atoms with Crippen LogP contribution in [0.15, 0.2) is 36.4 Å². The molecule has 0 heterocycles. The van der Waals surface area contributed by atoms with E-state index in [9.17, 15) is 9.59 Å². The summed E-state index contributed by atoms with van der Waals surface area (Å²) in [6, 6.07) is 9.04. The number of carbonyl (C=O) groups is 2. The van der Waals surface area contributed by atoms with Crippen LogP contribution in [-0.2, 0) is 9.59 Å². The second-order valence-electron chi connectivity index (χ2n) is 2.99. The maximum absolute atomic E-state index is 11.1. The van der Waals surface area contributed by atoms with Gasteiger partial charge in [0.1, 0.15) is 0 Å². The van der Waals surface area contributed by atoms with Gasteiger partial charge in [0.25, 0.3) is 0 Å². The van der Waals surface area contributed by atoms with Crippen LogP contribution in [0.2, 0.25) is 0 Å². The van der Waals surface area contributed by atoms with Crippen LogP contribution in [0.5, 0.6) is 0 Å². The highest BCUT2D eigenvalue weighted by Crippen LogP contribution is 2.00. The molecule has 5 heteroatoms. The normalized spacial score (nSPS) is 12.3.